The molecule has 2 heterocycles. The van der Waals surface area contributed by atoms with E-state index in [4.69, 9.17) is 16.3 Å². The summed E-state index contributed by atoms with van der Waals surface area (Å²) in [4.78, 5) is 31.7. The molecule has 0 saturated carbocycles. The van der Waals surface area contributed by atoms with Crippen LogP contribution in [0.25, 0.3) is 0 Å². The zero-order valence-corrected chi connectivity index (χ0v) is 17.6. The Hall–Kier alpha value is -2.87. The van der Waals surface area contributed by atoms with E-state index in [1.165, 1.54) is 19.5 Å². The number of methoxy groups -OCH3 is 1. The highest BCUT2D eigenvalue weighted by Gasteiger charge is 2.24. The van der Waals surface area contributed by atoms with Gasteiger partial charge in [0.15, 0.2) is 0 Å². The Morgan fingerprint density at radius 3 is 2.73 bits per heavy atom. The third-order valence-electron chi connectivity index (χ3n) is 4.79. The van der Waals surface area contributed by atoms with Crippen molar-refractivity contribution in [3.63, 3.8) is 0 Å². The summed E-state index contributed by atoms with van der Waals surface area (Å²) in [6.07, 6.45) is 6.94. The van der Waals surface area contributed by atoms with Crippen LogP contribution in [0.4, 0.5) is 5.95 Å². The maximum Gasteiger partial charge on any atom is 0.305 e. The summed E-state index contributed by atoms with van der Waals surface area (Å²) in [7, 11) is 1.39. The number of hydrogen-bond donors (Lipinski definition) is 2. The van der Waals surface area contributed by atoms with E-state index in [0.29, 0.717) is 36.1 Å². The molecule has 3 rings (SSSR count). The van der Waals surface area contributed by atoms with E-state index in [-0.39, 0.29) is 17.9 Å². The zero-order valence-electron chi connectivity index (χ0n) is 16.8. The topological polar surface area (TPSA) is 102 Å². The van der Waals surface area contributed by atoms with Crippen molar-refractivity contribution in [1.82, 2.24) is 15.3 Å². The van der Waals surface area contributed by atoms with Crippen LogP contribution in [0.15, 0.2) is 30.6 Å². The highest BCUT2D eigenvalue weighted by Crippen LogP contribution is 2.35. The van der Waals surface area contributed by atoms with Gasteiger partial charge in [0.25, 0.3) is 5.91 Å². The first-order valence-corrected chi connectivity index (χ1v) is 10.3. The smallest absolute Gasteiger partial charge is 0.305 e. The van der Waals surface area contributed by atoms with Crippen LogP contribution in [-0.2, 0) is 9.53 Å². The van der Waals surface area contributed by atoms with E-state index >= 15 is 0 Å². The van der Waals surface area contributed by atoms with Crippen molar-refractivity contribution in [1.29, 1.82) is 0 Å². The number of esters is 1. The molecule has 9 heteroatoms. The van der Waals surface area contributed by atoms with Gasteiger partial charge in [-0.1, -0.05) is 30.5 Å². The number of carbonyl (C=O) groups is 2. The summed E-state index contributed by atoms with van der Waals surface area (Å²) >= 11 is 5.98. The molecule has 1 aliphatic heterocycles. The van der Waals surface area contributed by atoms with Crippen LogP contribution in [0.2, 0.25) is 5.02 Å². The molecule has 0 radical (unpaired) electrons. The Kier molecular flexibility index (Phi) is 7.84. The molecular formula is C21H25ClN4O4. The van der Waals surface area contributed by atoms with Crippen molar-refractivity contribution in [3.05, 3.63) is 46.7 Å². The number of unbranched alkanes of at least 4 members (excludes halogenated alkanes) is 3. The van der Waals surface area contributed by atoms with E-state index in [2.05, 4.69) is 25.3 Å². The molecular weight excluding hydrogens is 408 g/mol. The predicted octanol–water partition coefficient (Wildman–Crippen LogP) is 3.53. The number of nitrogens with zero attached hydrogens (tertiary/aromatic N) is 2. The van der Waals surface area contributed by atoms with Crippen molar-refractivity contribution < 1.29 is 19.1 Å². The van der Waals surface area contributed by atoms with Gasteiger partial charge in [-0.3, -0.25) is 9.59 Å². The number of carbonyl (C=O) groups excluding carboxylic acids is 2. The van der Waals surface area contributed by atoms with Crippen LogP contribution in [0.5, 0.6) is 5.75 Å². The summed E-state index contributed by atoms with van der Waals surface area (Å²) < 4.78 is 10.2. The first kappa shape index (κ1) is 21.8. The van der Waals surface area contributed by atoms with E-state index in [0.717, 1.165) is 37.0 Å². The van der Waals surface area contributed by atoms with E-state index in [1.807, 2.05) is 12.1 Å². The minimum absolute atomic E-state index is 0.0730. The highest BCUT2D eigenvalue weighted by molar-refractivity contribution is 6.30. The molecule has 1 aromatic carbocycles. The highest BCUT2D eigenvalue weighted by atomic mass is 35.5. The fourth-order valence-corrected chi connectivity index (χ4v) is 3.30. The summed E-state index contributed by atoms with van der Waals surface area (Å²) in [5.74, 6) is 0.783. The molecule has 1 aromatic heterocycles. The van der Waals surface area contributed by atoms with Gasteiger partial charge in [0.1, 0.15) is 12.4 Å². The fraction of sp³-hybridized carbons (Fsp3) is 0.429. The van der Waals surface area contributed by atoms with E-state index < -0.39 is 0 Å². The lowest BCUT2D eigenvalue weighted by molar-refractivity contribution is -0.140. The Balaban J connectivity index is 1.39. The Morgan fingerprint density at radius 2 is 1.97 bits per heavy atom. The lowest BCUT2D eigenvalue weighted by atomic mass is 10.1. The van der Waals surface area contributed by atoms with Crippen molar-refractivity contribution in [2.75, 3.05) is 25.6 Å². The Bertz CT molecular complexity index is 876. The number of hydrogen-bond acceptors (Lipinski definition) is 7. The van der Waals surface area contributed by atoms with Crippen LogP contribution in [0.3, 0.4) is 0 Å². The number of fused-ring (bicyclic) bond motifs is 1. The Morgan fingerprint density at radius 1 is 1.20 bits per heavy atom. The fourth-order valence-electron chi connectivity index (χ4n) is 3.13. The largest absolute Gasteiger partial charge is 0.491 e. The van der Waals surface area contributed by atoms with Crippen molar-refractivity contribution in [2.45, 2.75) is 38.1 Å². The van der Waals surface area contributed by atoms with Gasteiger partial charge in [-0.05, 0) is 25.0 Å². The van der Waals surface area contributed by atoms with Gasteiger partial charge >= 0.3 is 5.97 Å². The third-order valence-corrected chi connectivity index (χ3v) is 5.03. The van der Waals surface area contributed by atoms with Gasteiger partial charge in [0.2, 0.25) is 5.95 Å². The zero-order chi connectivity index (χ0) is 21.3. The maximum absolute atomic E-state index is 12.2. The molecule has 0 bridgehead atoms. The number of aromatic nitrogens is 2. The van der Waals surface area contributed by atoms with E-state index in [9.17, 15) is 9.59 Å². The second kappa shape index (κ2) is 10.8. The molecule has 30 heavy (non-hydrogen) atoms. The van der Waals surface area contributed by atoms with Crippen molar-refractivity contribution in [3.8, 4) is 5.75 Å². The lowest BCUT2D eigenvalue weighted by Crippen LogP contribution is -2.25. The van der Waals surface area contributed by atoms with Gasteiger partial charge in [-0.15, -0.1) is 0 Å². The first-order valence-electron chi connectivity index (χ1n) is 9.92. The molecule has 0 aliphatic carbocycles. The minimum Gasteiger partial charge on any atom is -0.491 e. The summed E-state index contributed by atoms with van der Waals surface area (Å²) in [6.45, 7) is 1.02. The van der Waals surface area contributed by atoms with Crippen LogP contribution >= 0.6 is 11.6 Å². The van der Waals surface area contributed by atoms with Gasteiger partial charge in [-0.2, -0.15) is 0 Å². The third kappa shape index (κ3) is 6.06. The number of nitrogens with one attached hydrogen (secondary N) is 2. The number of benzene rings is 1. The number of ether oxygens (including phenoxy) is 2. The van der Waals surface area contributed by atoms with Gasteiger partial charge < -0.3 is 20.1 Å². The molecule has 160 valence electrons. The molecule has 1 atom stereocenters. The summed E-state index contributed by atoms with van der Waals surface area (Å²) in [5, 5.41) is 6.70. The molecule has 8 nitrogen and oxygen atoms in total. The predicted molar refractivity (Wildman–Crippen MR) is 113 cm³/mol. The average Bonchev–Trinajstić information content (AvgIpc) is 3.14. The van der Waals surface area contributed by atoms with Crippen LogP contribution < -0.4 is 15.4 Å². The second-order valence-electron chi connectivity index (χ2n) is 6.98. The number of rotatable bonds is 10. The van der Waals surface area contributed by atoms with Gasteiger partial charge in [-0.25, -0.2) is 9.97 Å². The molecule has 0 fully saturated rings. The van der Waals surface area contributed by atoms with Crippen LogP contribution in [-0.4, -0.2) is 42.1 Å². The molecule has 0 saturated heterocycles. The number of amides is 1. The standard InChI is InChI=1S/C21H25ClN4O4/c1-29-19(27)6-4-2-3-5-9-23-20(28)14-11-24-21(25-12-14)26-17-13-30-18-10-15(22)7-8-16(17)18/h7-8,10-12,17H,2-6,9,13H2,1H3,(H,23,28)(H,24,25,26). The van der Waals surface area contributed by atoms with Gasteiger partial charge in [0.05, 0.1) is 18.7 Å². The normalized spacial score (nSPS) is 14.5. The average molecular weight is 433 g/mol. The quantitative estimate of drug-likeness (QED) is 0.437. The number of halogens is 1. The molecule has 0 spiro atoms. The summed E-state index contributed by atoms with van der Waals surface area (Å²) in [6, 6.07) is 5.44. The molecule has 1 unspecified atom stereocenters. The lowest BCUT2D eigenvalue weighted by Gasteiger charge is -2.11. The molecule has 1 aliphatic rings. The second-order valence-corrected chi connectivity index (χ2v) is 7.42. The monoisotopic (exact) mass is 432 g/mol. The Labute approximate surface area is 180 Å². The number of anilines is 1. The minimum atomic E-state index is -0.208. The van der Waals surface area contributed by atoms with Crippen molar-refractivity contribution in [2.24, 2.45) is 0 Å². The van der Waals surface area contributed by atoms with Crippen molar-refractivity contribution >= 4 is 29.4 Å². The first-order chi connectivity index (χ1) is 14.6. The van der Waals surface area contributed by atoms with Crippen LogP contribution in [0.1, 0.15) is 54.1 Å². The van der Waals surface area contributed by atoms with Gasteiger partial charge in [0, 0.05) is 35.9 Å². The summed E-state index contributed by atoms with van der Waals surface area (Å²) in [5.41, 5.74) is 1.40. The van der Waals surface area contributed by atoms with E-state index in [1.54, 1.807) is 6.07 Å². The maximum atomic E-state index is 12.2. The molecule has 1 amide bonds. The molecule has 2 aromatic rings. The SMILES string of the molecule is COC(=O)CCCCCCNC(=O)c1cnc(NC2COc3cc(Cl)ccc32)nc1. The molecule has 2 N–H and O–H groups in total. The van der Waals surface area contributed by atoms with Crippen LogP contribution in [0, 0.1) is 0 Å².